The van der Waals surface area contributed by atoms with E-state index in [1.165, 1.54) is 42.7 Å². The summed E-state index contributed by atoms with van der Waals surface area (Å²) in [6.07, 6.45) is 3.18. The Morgan fingerprint density at radius 3 is 2.82 bits per heavy atom. The quantitative estimate of drug-likeness (QED) is 0.356. The fourth-order valence-corrected chi connectivity index (χ4v) is 5.43. The second kappa shape index (κ2) is 10.9. The van der Waals surface area contributed by atoms with Crippen LogP contribution in [0.15, 0.2) is 30.3 Å². The van der Waals surface area contributed by atoms with Crippen LogP contribution in [0.5, 0.6) is 5.75 Å². The van der Waals surface area contributed by atoms with Crippen molar-refractivity contribution in [3.8, 4) is 5.75 Å². The van der Waals surface area contributed by atoms with Crippen LogP contribution in [0.1, 0.15) is 37.9 Å². The van der Waals surface area contributed by atoms with Gasteiger partial charge in [0.05, 0.1) is 15.2 Å². The van der Waals surface area contributed by atoms with Crippen molar-refractivity contribution in [1.82, 2.24) is 15.2 Å². The number of carbonyl (C=O) groups excluding carboxylic acids is 1. The molecule has 1 aliphatic heterocycles. The van der Waals surface area contributed by atoms with Crippen molar-refractivity contribution in [2.45, 2.75) is 32.3 Å². The summed E-state index contributed by atoms with van der Waals surface area (Å²) in [6, 6.07) is 7.81. The first-order valence-electron chi connectivity index (χ1n) is 10.9. The topological polar surface area (TPSA) is 66.5 Å². The summed E-state index contributed by atoms with van der Waals surface area (Å²) in [6.45, 7) is 5.40. The minimum atomic E-state index is -0.561. The summed E-state index contributed by atoms with van der Waals surface area (Å²) in [4.78, 5) is 19.1. The minimum Gasteiger partial charge on any atom is -0.486 e. The number of urea groups is 1. The molecule has 10 heteroatoms. The number of amides is 2. The number of halogens is 3. The number of hydrogen-bond acceptors (Lipinski definition) is 5. The van der Waals surface area contributed by atoms with E-state index in [-0.39, 0.29) is 11.1 Å². The van der Waals surface area contributed by atoms with Crippen molar-refractivity contribution >= 4 is 55.9 Å². The van der Waals surface area contributed by atoms with E-state index in [0.29, 0.717) is 28.0 Å². The lowest BCUT2D eigenvalue weighted by Crippen LogP contribution is -2.39. The molecule has 33 heavy (non-hydrogen) atoms. The van der Waals surface area contributed by atoms with Crippen LogP contribution in [0.2, 0.25) is 10.0 Å². The van der Waals surface area contributed by atoms with Crippen LogP contribution in [0.25, 0.3) is 10.2 Å². The highest BCUT2D eigenvalue weighted by Crippen LogP contribution is 2.36. The molecule has 176 valence electrons. The Kier molecular flexibility index (Phi) is 7.90. The zero-order valence-electron chi connectivity index (χ0n) is 18.2. The van der Waals surface area contributed by atoms with E-state index in [9.17, 15) is 9.18 Å². The molecule has 1 fully saturated rings. The molecule has 4 rings (SSSR count). The van der Waals surface area contributed by atoms with Gasteiger partial charge in [0.25, 0.3) is 0 Å². The van der Waals surface area contributed by atoms with E-state index < -0.39 is 11.9 Å². The summed E-state index contributed by atoms with van der Waals surface area (Å²) in [5.74, 6) is 0.0157. The Morgan fingerprint density at radius 1 is 1.24 bits per heavy atom. The molecule has 2 aromatic carbocycles. The molecular weight excluding hydrogens is 486 g/mol. The summed E-state index contributed by atoms with van der Waals surface area (Å²) in [7, 11) is 0. The number of piperidine rings is 1. The zero-order chi connectivity index (χ0) is 23.4. The van der Waals surface area contributed by atoms with E-state index in [2.05, 4.69) is 20.5 Å². The van der Waals surface area contributed by atoms with Gasteiger partial charge in [0.15, 0.2) is 5.13 Å². The van der Waals surface area contributed by atoms with Crippen LogP contribution in [-0.2, 0) is 0 Å². The maximum Gasteiger partial charge on any atom is 0.321 e. The third-order valence-corrected chi connectivity index (χ3v) is 7.19. The molecular formula is C23H25Cl2FN4O2S. The normalized spacial score (nSPS) is 15.4. The van der Waals surface area contributed by atoms with E-state index in [1.54, 1.807) is 13.0 Å². The van der Waals surface area contributed by atoms with Crippen LogP contribution in [0.3, 0.4) is 0 Å². The molecule has 6 nitrogen and oxygen atoms in total. The van der Waals surface area contributed by atoms with E-state index in [4.69, 9.17) is 27.9 Å². The van der Waals surface area contributed by atoms with E-state index >= 15 is 0 Å². The molecule has 0 radical (unpaired) electrons. The summed E-state index contributed by atoms with van der Waals surface area (Å²) in [5.41, 5.74) is 1.14. The number of ether oxygens (including phenoxy) is 1. The number of anilines is 1. The fourth-order valence-electron chi connectivity index (χ4n) is 3.86. The lowest BCUT2D eigenvalue weighted by atomic mass is 10.1. The third kappa shape index (κ3) is 6.06. The SMILES string of the molecule is CC(Oc1ccc2nc(NC(=O)NCCN3CCCCC3)sc2c1)c1c(Cl)ccc(F)c1Cl. The molecule has 2 N–H and O–H groups in total. The molecule has 0 aliphatic carbocycles. The average Bonchev–Trinajstić information content (AvgIpc) is 3.18. The Bertz CT molecular complexity index is 1140. The average molecular weight is 511 g/mol. The van der Waals surface area contributed by atoms with E-state index in [1.807, 2.05) is 12.1 Å². The first-order valence-corrected chi connectivity index (χ1v) is 12.5. The lowest BCUT2D eigenvalue weighted by Gasteiger charge is -2.26. The standard InChI is InChI=1S/C23H25Cl2FN4O2S/c1-14(20-16(24)6-7-17(26)21(20)25)32-15-5-8-18-19(13-15)33-23(28-18)29-22(31)27-9-12-30-10-3-2-4-11-30/h5-8,13-14H,2-4,9-12H2,1H3,(H2,27,28,29,31). The molecule has 0 spiro atoms. The van der Waals surface area contributed by atoms with Crippen LogP contribution in [0, 0.1) is 5.82 Å². The van der Waals surface area contributed by atoms with Crippen LogP contribution in [-0.4, -0.2) is 42.1 Å². The number of fused-ring (bicyclic) bond motifs is 1. The van der Waals surface area contributed by atoms with Crippen molar-refractivity contribution in [2.75, 3.05) is 31.5 Å². The monoisotopic (exact) mass is 510 g/mol. The van der Waals surface area contributed by atoms with Gasteiger partial charge in [-0.05, 0) is 63.2 Å². The number of thiazole rings is 1. The lowest BCUT2D eigenvalue weighted by molar-refractivity contribution is 0.224. The number of rotatable bonds is 7. The Labute approximate surface area is 206 Å². The molecule has 1 atom stereocenters. The molecule has 0 bridgehead atoms. The van der Waals surface area contributed by atoms with Gasteiger partial charge in [-0.25, -0.2) is 14.2 Å². The van der Waals surface area contributed by atoms with Crippen LogP contribution < -0.4 is 15.4 Å². The molecule has 2 amide bonds. The van der Waals surface area contributed by atoms with Crippen molar-refractivity contribution in [3.63, 3.8) is 0 Å². The van der Waals surface area contributed by atoms with E-state index in [0.717, 1.165) is 29.9 Å². The van der Waals surface area contributed by atoms with Crippen molar-refractivity contribution in [2.24, 2.45) is 0 Å². The number of hydrogen-bond donors (Lipinski definition) is 2. The number of nitrogens with one attached hydrogen (secondary N) is 2. The zero-order valence-corrected chi connectivity index (χ0v) is 20.5. The number of aromatic nitrogens is 1. The third-order valence-electron chi connectivity index (χ3n) is 5.54. The Morgan fingerprint density at radius 2 is 2.03 bits per heavy atom. The summed E-state index contributed by atoms with van der Waals surface area (Å²) >= 11 is 13.6. The van der Waals surface area contributed by atoms with Gasteiger partial charge in [-0.2, -0.15) is 0 Å². The fraction of sp³-hybridized carbons (Fsp3) is 0.391. The number of benzene rings is 2. The highest BCUT2D eigenvalue weighted by atomic mass is 35.5. The largest absolute Gasteiger partial charge is 0.486 e. The minimum absolute atomic E-state index is 0.0494. The van der Waals surface area contributed by atoms with Crippen molar-refractivity contribution in [3.05, 3.63) is 51.8 Å². The first kappa shape index (κ1) is 24.0. The van der Waals surface area contributed by atoms with Crippen molar-refractivity contribution in [1.29, 1.82) is 0 Å². The summed E-state index contributed by atoms with van der Waals surface area (Å²) in [5, 5.41) is 6.48. The van der Waals surface area contributed by atoms with Gasteiger partial charge in [0, 0.05) is 23.7 Å². The first-order chi connectivity index (χ1) is 15.9. The summed E-state index contributed by atoms with van der Waals surface area (Å²) < 4.78 is 20.7. The molecule has 1 aliphatic rings. The van der Waals surface area contributed by atoms with Crippen LogP contribution in [0.4, 0.5) is 14.3 Å². The predicted molar refractivity (Wildman–Crippen MR) is 132 cm³/mol. The van der Waals surface area contributed by atoms with Crippen LogP contribution >= 0.6 is 34.5 Å². The molecule has 3 aromatic rings. The van der Waals surface area contributed by atoms with Gasteiger partial charge in [0.1, 0.15) is 17.7 Å². The molecule has 2 heterocycles. The Balaban J connectivity index is 1.36. The molecule has 1 aromatic heterocycles. The smallest absolute Gasteiger partial charge is 0.321 e. The maximum absolute atomic E-state index is 13.9. The van der Waals surface area contributed by atoms with Gasteiger partial charge >= 0.3 is 6.03 Å². The molecule has 0 saturated carbocycles. The van der Waals surface area contributed by atoms with Gasteiger partial charge in [-0.15, -0.1) is 0 Å². The molecule has 1 unspecified atom stereocenters. The highest BCUT2D eigenvalue weighted by molar-refractivity contribution is 7.22. The van der Waals surface area contributed by atoms with Gasteiger partial charge in [-0.1, -0.05) is 41.0 Å². The highest BCUT2D eigenvalue weighted by Gasteiger charge is 2.19. The number of likely N-dealkylation sites (tertiary alicyclic amines) is 1. The van der Waals surface area contributed by atoms with Crippen molar-refractivity contribution < 1.29 is 13.9 Å². The van der Waals surface area contributed by atoms with Gasteiger partial charge < -0.3 is 15.0 Å². The number of carbonyl (C=O) groups is 1. The second-order valence-electron chi connectivity index (χ2n) is 7.95. The number of nitrogens with zero attached hydrogens (tertiary/aromatic N) is 2. The predicted octanol–water partition coefficient (Wildman–Crippen LogP) is 6.49. The second-order valence-corrected chi connectivity index (χ2v) is 9.76. The Hall–Kier alpha value is -2.13. The van der Waals surface area contributed by atoms with Gasteiger partial charge in [0.2, 0.25) is 0 Å². The molecule has 1 saturated heterocycles. The maximum atomic E-state index is 13.9. The van der Waals surface area contributed by atoms with Gasteiger partial charge in [-0.3, -0.25) is 5.32 Å².